The number of nitrogens with one attached hydrogen (secondary N) is 2. The molecular formula is C12H22N2S. The van der Waals surface area contributed by atoms with Crippen LogP contribution in [0.25, 0.3) is 0 Å². The first-order valence-electron chi connectivity index (χ1n) is 5.53. The fourth-order valence-corrected chi connectivity index (χ4v) is 1.50. The first kappa shape index (κ1) is 14.2. The van der Waals surface area contributed by atoms with Gasteiger partial charge in [0.1, 0.15) is 0 Å². The molecule has 0 aromatic heterocycles. The van der Waals surface area contributed by atoms with E-state index in [1.807, 2.05) is 0 Å². The second kappa shape index (κ2) is 6.68. The third kappa shape index (κ3) is 5.03. The topological polar surface area (TPSA) is 24.1 Å². The van der Waals surface area contributed by atoms with Gasteiger partial charge in [-0.2, -0.15) is 0 Å². The van der Waals surface area contributed by atoms with E-state index in [2.05, 4.69) is 44.2 Å². The summed E-state index contributed by atoms with van der Waals surface area (Å²) in [6.07, 6.45) is 7.29. The van der Waals surface area contributed by atoms with Crippen LogP contribution in [0.1, 0.15) is 40.5 Å². The summed E-state index contributed by atoms with van der Waals surface area (Å²) in [5.74, 6) is 3.37. The summed E-state index contributed by atoms with van der Waals surface area (Å²) in [7, 11) is 0. The van der Waals surface area contributed by atoms with Gasteiger partial charge in [0, 0.05) is 6.54 Å². The smallest absolute Gasteiger partial charge is 0.167 e. The summed E-state index contributed by atoms with van der Waals surface area (Å²) in [5.41, 5.74) is -0.291. The van der Waals surface area contributed by atoms with E-state index in [1.165, 1.54) is 0 Å². The zero-order valence-electron chi connectivity index (χ0n) is 10.2. The molecule has 0 spiro atoms. The molecule has 0 unspecified atom stereocenters. The Morgan fingerprint density at radius 3 is 2.27 bits per heavy atom. The minimum absolute atomic E-state index is 0.291. The molecule has 15 heavy (non-hydrogen) atoms. The zero-order valence-corrected chi connectivity index (χ0v) is 11.0. The lowest BCUT2D eigenvalue weighted by Gasteiger charge is -2.29. The molecule has 0 rings (SSSR count). The van der Waals surface area contributed by atoms with Crippen molar-refractivity contribution >= 4 is 17.3 Å². The van der Waals surface area contributed by atoms with Crippen molar-refractivity contribution in [1.82, 2.24) is 10.6 Å². The number of rotatable bonds is 5. The fourth-order valence-electron chi connectivity index (χ4n) is 1.23. The minimum Gasteiger partial charge on any atom is -0.362 e. The van der Waals surface area contributed by atoms with Gasteiger partial charge in [0.05, 0.1) is 5.54 Å². The Balaban J connectivity index is 4.19. The van der Waals surface area contributed by atoms with Crippen LogP contribution in [0.5, 0.6) is 0 Å². The monoisotopic (exact) mass is 226 g/mol. The number of thiocarbonyl (C=S) groups is 1. The van der Waals surface area contributed by atoms with E-state index >= 15 is 0 Å². The first-order chi connectivity index (χ1) is 6.99. The van der Waals surface area contributed by atoms with E-state index in [0.29, 0.717) is 11.0 Å². The fraction of sp³-hybridized carbons (Fsp3) is 0.750. The standard InChI is InChI=1S/C12H22N2S/c1-6-12(7-2,8-3)14-11(15)13-9-10(4)5/h1,10H,7-9H2,2-5H3,(H2,13,14,15). The van der Waals surface area contributed by atoms with Gasteiger partial charge in [0.15, 0.2) is 5.11 Å². The van der Waals surface area contributed by atoms with Crippen molar-refractivity contribution in [2.24, 2.45) is 5.92 Å². The van der Waals surface area contributed by atoms with Crippen LogP contribution in [-0.2, 0) is 0 Å². The molecule has 0 aliphatic rings. The SMILES string of the molecule is C#CC(CC)(CC)NC(=S)NCC(C)C. The Morgan fingerprint density at radius 1 is 1.40 bits per heavy atom. The van der Waals surface area contributed by atoms with Crippen molar-refractivity contribution in [3.63, 3.8) is 0 Å². The molecule has 86 valence electrons. The summed E-state index contributed by atoms with van der Waals surface area (Å²) in [4.78, 5) is 0. The maximum atomic E-state index is 5.53. The van der Waals surface area contributed by atoms with Crippen molar-refractivity contribution in [2.75, 3.05) is 6.54 Å². The Labute approximate surface area is 99.2 Å². The van der Waals surface area contributed by atoms with Crippen LogP contribution >= 0.6 is 12.2 Å². The van der Waals surface area contributed by atoms with E-state index in [4.69, 9.17) is 18.6 Å². The molecule has 0 saturated heterocycles. The molecule has 0 aromatic carbocycles. The average Bonchev–Trinajstić information content (AvgIpc) is 2.23. The van der Waals surface area contributed by atoms with Gasteiger partial charge >= 0.3 is 0 Å². The molecule has 0 heterocycles. The Hall–Kier alpha value is -0.750. The third-order valence-corrected chi connectivity index (χ3v) is 2.75. The van der Waals surface area contributed by atoms with Gasteiger partial charge in [-0.3, -0.25) is 0 Å². The maximum Gasteiger partial charge on any atom is 0.167 e. The normalized spacial score (nSPS) is 10.9. The molecule has 0 saturated carbocycles. The summed E-state index contributed by atoms with van der Waals surface area (Å²) in [6.45, 7) is 9.30. The predicted molar refractivity (Wildman–Crippen MR) is 70.7 cm³/mol. The third-order valence-electron chi connectivity index (χ3n) is 2.51. The van der Waals surface area contributed by atoms with E-state index in [1.54, 1.807) is 0 Å². The van der Waals surface area contributed by atoms with Gasteiger partial charge in [-0.1, -0.05) is 33.6 Å². The Morgan fingerprint density at radius 2 is 1.93 bits per heavy atom. The lowest BCUT2D eigenvalue weighted by atomic mass is 9.94. The molecule has 0 amide bonds. The summed E-state index contributed by atoms with van der Waals surface area (Å²) < 4.78 is 0. The van der Waals surface area contributed by atoms with E-state index in [0.717, 1.165) is 19.4 Å². The van der Waals surface area contributed by atoms with Crippen LogP contribution in [0, 0.1) is 18.3 Å². The minimum atomic E-state index is -0.291. The van der Waals surface area contributed by atoms with Gasteiger partial charge in [0.2, 0.25) is 0 Å². The number of hydrogen-bond acceptors (Lipinski definition) is 1. The molecule has 3 heteroatoms. The van der Waals surface area contributed by atoms with E-state index in [-0.39, 0.29) is 5.54 Å². The largest absolute Gasteiger partial charge is 0.362 e. The first-order valence-corrected chi connectivity index (χ1v) is 5.94. The Bertz CT molecular complexity index is 236. The molecule has 0 aromatic rings. The summed E-state index contributed by atoms with van der Waals surface area (Å²) in [6, 6.07) is 0. The summed E-state index contributed by atoms with van der Waals surface area (Å²) in [5, 5.41) is 7.04. The average molecular weight is 226 g/mol. The quantitative estimate of drug-likeness (QED) is 0.555. The molecule has 2 nitrogen and oxygen atoms in total. The van der Waals surface area contributed by atoms with Crippen LogP contribution in [0.2, 0.25) is 0 Å². The van der Waals surface area contributed by atoms with Crippen molar-refractivity contribution < 1.29 is 0 Å². The second-order valence-corrected chi connectivity index (χ2v) is 4.57. The van der Waals surface area contributed by atoms with Gasteiger partial charge in [-0.05, 0) is 31.0 Å². The van der Waals surface area contributed by atoms with Gasteiger partial charge in [-0.15, -0.1) is 6.42 Å². The van der Waals surface area contributed by atoms with Crippen molar-refractivity contribution in [3.8, 4) is 12.3 Å². The lowest BCUT2D eigenvalue weighted by Crippen LogP contribution is -2.51. The van der Waals surface area contributed by atoms with E-state index < -0.39 is 0 Å². The number of terminal acetylenes is 1. The Kier molecular flexibility index (Phi) is 6.35. The van der Waals surface area contributed by atoms with Crippen LogP contribution in [-0.4, -0.2) is 17.2 Å². The van der Waals surface area contributed by atoms with Gasteiger partial charge in [0.25, 0.3) is 0 Å². The highest BCUT2D eigenvalue weighted by Crippen LogP contribution is 2.13. The summed E-state index contributed by atoms with van der Waals surface area (Å²) >= 11 is 5.20. The van der Waals surface area contributed by atoms with Crippen LogP contribution in [0.3, 0.4) is 0 Å². The maximum absolute atomic E-state index is 5.53. The predicted octanol–water partition coefficient (Wildman–Crippen LogP) is 2.30. The highest BCUT2D eigenvalue weighted by atomic mass is 32.1. The molecule has 0 aliphatic heterocycles. The molecule has 0 radical (unpaired) electrons. The highest BCUT2D eigenvalue weighted by molar-refractivity contribution is 7.80. The molecule has 2 N–H and O–H groups in total. The van der Waals surface area contributed by atoms with Crippen LogP contribution in [0.4, 0.5) is 0 Å². The van der Waals surface area contributed by atoms with Crippen molar-refractivity contribution in [3.05, 3.63) is 0 Å². The molecule has 0 aliphatic carbocycles. The van der Waals surface area contributed by atoms with Crippen molar-refractivity contribution in [1.29, 1.82) is 0 Å². The van der Waals surface area contributed by atoms with Crippen molar-refractivity contribution in [2.45, 2.75) is 46.1 Å². The van der Waals surface area contributed by atoms with E-state index in [9.17, 15) is 0 Å². The number of hydrogen-bond donors (Lipinski definition) is 2. The van der Waals surface area contributed by atoms with Crippen LogP contribution in [0.15, 0.2) is 0 Å². The molecular weight excluding hydrogens is 204 g/mol. The molecule has 0 atom stereocenters. The zero-order chi connectivity index (χ0) is 11.9. The lowest BCUT2D eigenvalue weighted by molar-refractivity contribution is 0.454. The second-order valence-electron chi connectivity index (χ2n) is 4.16. The van der Waals surface area contributed by atoms with Gasteiger partial charge < -0.3 is 10.6 Å². The molecule has 0 bridgehead atoms. The highest BCUT2D eigenvalue weighted by Gasteiger charge is 2.23. The van der Waals surface area contributed by atoms with Crippen LogP contribution < -0.4 is 10.6 Å². The van der Waals surface area contributed by atoms with Gasteiger partial charge in [-0.25, -0.2) is 0 Å². The molecule has 0 fully saturated rings.